The molecule has 1 N–H and O–H groups in total. The minimum atomic E-state index is 0.181. The van der Waals surface area contributed by atoms with Crippen LogP contribution in [0.5, 0.6) is 0 Å². The van der Waals surface area contributed by atoms with Gasteiger partial charge in [0.25, 0.3) is 0 Å². The second kappa shape index (κ2) is 6.18. The Kier molecular flexibility index (Phi) is 4.56. The molecule has 0 saturated heterocycles. The molecule has 0 spiro atoms. The van der Waals surface area contributed by atoms with E-state index in [0.29, 0.717) is 0 Å². The van der Waals surface area contributed by atoms with Gasteiger partial charge >= 0.3 is 0 Å². The molecular weight excluding hydrogens is 256 g/mol. The van der Waals surface area contributed by atoms with Gasteiger partial charge in [-0.1, -0.05) is 29.8 Å². The molecular formula is C16H19ClN2. The first kappa shape index (κ1) is 14.0. The van der Waals surface area contributed by atoms with Crippen LogP contribution in [0.1, 0.15) is 28.6 Å². The van der Waals surface area contributed by atoms with Gasteiger partial charge in [-0.05, 0) is 56.6 Å². The number of rotatable bonds is 4. The maximum atomic E-state index is 6.30. The fraction of sp³-hybridized carbons (Fsp3) is 0.312. The lowest BCUT2D eigenvalue weighted by Crippen LogP contribution is -2.20. The molecule has 1 aromatic carbocycles. The molecule has 0 amide bonds. The summed E-state index contributed by atoms with van der Waals surface area (Å²) in [6.07, 6.45) is 0.839. The molecule has 1 atom stereocenters. The molecule has 0 radical (unpaired) electrons. The maximum absolute atomic E-state index is 6.30. The average molecular weight is 275 g/mol. The van der Waals surface area contributed by atoms with Gasteiger partial charge in [-0.2, -0.15) is 0 Å². The molecule has 100 valence electrons. The number of aryl methyl sites for hydroxylation is 2. The maximum Gasteiger partial charge on any atom is 0.0579 e. The lowest BCUT2D eigenvalue weighted by Gasteiger charge is -2.17. The minimum Gasteiger partial charge on any atom is -0.311 e. The Hall–Kier alpha value is -1.38. The summed E-state index contributed by atoms with van der Waals surface area (Å²) in [6, 6.07) is 12.5. The number of hydrogen-bond acceptors (Lipinski definition) is 2. The highest BCUT2D eigenvalue weighted by molar-refractivity contribution is 6.31. The van der Waals surface area contributed by atoms with Gasteiger partial charge in [-0.25, -0.2) is 0 Å². The normalized spacial score (nSPS) is 12.4. The first-order valence-electron chi connectivity index (χ1n) is 6.46. The standard InChI is InChI=1S/C16H19ClN2/c1-11-7-8-13(14(17)9-11)10-16(18-3)15-6-4-5-12(2)19-15/h4-9,16,18H,10H2,1-3H3. The van der Waals surface area contributed by atoms with Crippen molar-refractivity contribution in [3.8, 4) is 0 Å². The van der Waals surface area contributed by atoms with Gasteiger partial charge in [-0.15, -0.1) is 0 Å². The number of benzene rings is 1. The first-order valence-corrected chi connectivity index (χ1v) is 6.84. The third-order valence-electron chi connectivity index (χ3n) is 3.25. The van der Waals surface area contributed by atoms with Crippen molar-refractivity contribution in [2.75, 3.05) is 7.05 Å². The van der Waals surface area contributed by atoms with E-state index in [1.165, 1.54) is 5.56 Å². The minimum absolute atomic E-state index is 0.181. The van der Waals surface area contributed by atoms with Crippen LogP contribution >= 0.6 is 11.6 Å². The highest BCUT2D eigenvalue weighted by Gasteiger charge is 2.13. The van der Waals surface area contributed by atoms with Gasteiger partial charge in [0.2, 0.25) is 0 Å². The number of hydrogen-bond donors (Lipinski definition) is 1. The Morgan fingerprint density at radius 3 is 2.63 bits per heavy atom. The molecule has 2 nitrogen and oxygen atoms in total. The molecule has 2 aromatic rings. The van der Waals surface area contributed by atoms with Gasteiger partial charge < -0.3 is 5.32 Å². The molecule has 0 aliphatic carbocycles. The SMILES string of the molecule is CNC(Cc1ccc(C)cc1Cl)c1cccc(C)n1. The third-order valence-corrected chi connectivity index (χ3v) is 3.60. The summed E-state index contributed by atoms with van der Waals surface area (Å²) in [5.74, 6) is 0. The van der Waals surface area contributed by atoms with Crippen LogP contribution in [0.15, 0.2) is 36.4 Å². The summed E-state index contributed by atoms with van der Waals surface area (Å²) in [6.45, 7) is 4.06. The fourth-order valence-corrected chi connectivity index (χ4v) is 2.46. The van der Waals surface area contributed by atoms with Crippen molar-refractivity contribution in [1.29, 1.82) is 0 Å². The molecule has 1 aromatic heterocycles. The van der Waals surface area contributed by atoms with Crippen molar-refractivity contribution in [3.63, 3.8) is 0 Å². The molecule has 0 bridgehead atoms. The van der Waals surface area contributed by atoms with E-state index in [9.17, 15) is 0 Å². The lowest BCUT2D eigenvalue weighted by molar-refractivity contribution is 0.574. The van der Waals surface area contributed by atoms with E-state index in [0.717, 1.165) is 28.4 Å². The summed E-state index contributed by atoms with van der Waals surface area (Å²) in [5.41, 5.74) is 4.42. The van der Waals surface area contributed by atoms with Crippen molar-refractivity contribution < 1.29 is 0 Å². The van der Waals surface area contributed by atoms with E-state index < -0.39 is 0 Å². The van der Waals surface area contributed by atoms with Crippen molar-refractivity contribution in [2.45, 2.75) is 26.3 Å². The van der Waals surface area contributed by atoms with E-state index in [2.05, 4.69) is 28.5 Å². The monoisotopic (exact) mass is 274 g/mol. The predicted octanol–water partition coefficient (Wildman–Crippen LogP) is 3.86. The second-order valence-electron chi connectivity index (χ2n) is 4.84. The summed E-state index contributed by atoms with van der Waals surface area (Å²) in [4.78, 5) is 4.58. The smallest absolute Gasteiger partial charge is 0.0579 e. The van der Waals surface area contributed by atoms with Crippen molar-refractivity contribution in [2.24, 2.45) is 0 Å². The number of pyridine rings is 1. The molecule has 1 unspecified atom stereocenters. The molecule has 3 heteroatoms. The Bertz CT molecular complexity index is 566. The Labute approximate surface area is 119 Å². The van der Waals surface area contributed by atoms with Crippen LogP contribution in [-0.4, -0.2) is 12.0 Å². The van der Waals surface area contributed by atoms with E-state index in [1.807, 2.05) is 39.1 Å². The zero-order chi connectivity index (χ0) is 13.8. The number of halogens is 1. The Morgan fingerprint density at radius 1 is 1.21 bits per heavy atom. The van der Waals surface area contributed by atoms with E-state index in [1.54, 1.807) is 0 Å². The second-order valence-corrected chi connectivity index (χ2v) is 5.25. The predicted molar refractivity (Wildman–Crippen MR) is 80.7 cm³/mol. The molecule has 0 saturated carbocycles. The highest BCUT2D eigenvalue weighted by atomic mass is 35.5. The van der Waals surface area contributed by atoms with Crippen molar-refractivity contribution >= 4 is 11.6 Å². The molecule has 2 rings (SSSR count). The van der Waals surface area contributed by atoms with Crippen LogP contribution in [0.25, 0.3) is 0 Å². The van der Waals surface area contributed by atoms with Gasteiger partial charge in [0.1, 0.15) is 0 Å². The van der Waals surface area contributed by atoms with E-state index in [4.69, 9.17) is 11.6 Å². The molecule has 0 aliphatic heterocycles. The van der Waals surface area contributed by atoms with Crippen LogP contribution in [0.2, 0.25) is 5.02 Å². The molecule has 0 aliphatic rings. The number of likely N-dealkylation sites (N-methyl/N-ethyl adjacent to an activating group) is 1. The van der Waals surface area contributed by atoms with Crippen LogP contribution in [0, 0.1) is 13.8 Å². The summed E-state index contributed by atoms with van der Waals surface area (Å²) in [7, 11) is 1.96. The van der Waals surface area contributed by atoms with Crippen molar-refractivity contribution in [3.05, 3.63) is 63.9 Å². The van der Waals surface area contributed by atoms with Gasteiger partial charge in [0.15, 0.2) is 0 Å². The zero-order valence-electron chi connectivity index (χ0n) is 11.6. The van der Waals surface area contributed by atoms with Crippen LogP contribution in [-0.2, 0) is 6.42 Å². The van der Waals surface area contributed by atoms with Crippen LogP contribution < -0.4 is 5.32 Å². The summed E-state index contributed by atoms with van der Waals surface area (Å²) < 4.78 is 0. The Balaban J connectivity index is 2.24. The Morgan fingerprint density at radius 2 is 2.00 bits per heavy atom. The topological polar surface area (TPSA) is 24.9 Å². The number of nitrogens with zero attached hydrogens (tertiary/aromatic N) is 1. The molecule has 0 fully saturated rings. The van der Waals surface area contributed by atoms with E-state index in [-0.39, 0.29) is 6.04 Å². The first-order chi connectivity index (χ1) is 9.10. The fourth-order valence-electron chi connectivity index (χ4n) is 2.15. The summed E-state index contributed by atoms with van der Waals surface area (Å²) in [5, 5.41) is 4.14. The molecule has 1 heterocycles. The quantitative estimate of drug-likeness (QED) is 0.916. The lowest BCUT2D eigenvalue weighted by atomic mass is 10.0. The van der Waals surface area contributed by atoms with Gasteiger partial charge in [0.05, 0.1) is 11.7 Å². The third kappa shape index (κ3) is 3.55. The zero-order valence-corrected chi connectivity index (χ0v) is 12.3. The number of nitrogens with one attached hydrogen (secondary N) is 1. The van der Waals surface area contributed by atoms with Crippen LogP contribution in [0.3, 0.4) is 0 Å². The van der Waals surface area contributed by atoms with Crippen LogP contribution in [0.4, 0.5) is 0 Å². The van der Waals surface area contributed by atoms with Gasteiger partial charge in [0, 0.05) is 10.7 Å². The average Bonchev–Trinajstić information content (AvgIpc) is 2.38. The van der Waals surface area contributed by atoms with Gasteiger partial charge in [-0.3, -0.25) is 4.98 Å². The largest absolute Gasteiger partial charge is 0.311 e. The van der Waals surface area contributed by atoms with E-state index >= 15 is 0 Å². The highest BCUT2D eigenvalue weighted by Crippen LogP contribution is 2.23. The van der Waals surface area contributed by atoms with Crippen molar-refractivity contribution in [1.82, 2.24) is 10.3 Å². The molecule has 19 heavy (non-hydrogen) atoms. The number of aromatic nitrogens is 1. The summed E-state index contributed by atoms with van der Waals surface area (Å²) >= 11 is 6.30.